The molecule has 152 valence electrons. The van der Waals surface area contributed by atoms with E-state index >= 15 is 0 Å². The molecule has 0 aromatic carbocycles. The first-order valence-electron chi connectivity index (χ1n) is 10.2. The Morgan fingerprint density at radius 3 is 3.11 bits per heavy atom. The molecule has 0 radical (unpaired) electrons. The number of rotatable bonds is 8. The predicted molar refractivity (Wildman–Crippen MR) is 118 cm³/mol. The highest BCUT2D eigenvalue weighted by atomic mass is 33.1. The molecule has 0 aliphatic carbocycles. The Labute approximate surface area is 178 Å². The number of thiophene rings is 1. The van der Waals surface area contributed by atoms with Gasteiger partial charge in [-0.3, -0.25) is 4.79 Å². The second-order valence-corrected chi connectivity index (χ2v) is 11.2. The third kappa shape index (κ3) is 5.54. The number of carbonyl (C=O) groups is 1. The molecule has 0 bridgehead atoms. The molecule has 0 spiro atoms. The molecule has 0 N–H and O–H groups in total. The summed E-state index contributed by atoms with van der Waals surface area (Å²) in [4.78, 5) is 19.2. The number of aromatic nitrogens is 2. The van der Waals surface area contributed by atoms with E-state index in [9.17, 15) is 4.79 Å². The maximum Gasteiger partial charge on any atom is 0.227 e. The SMILES string of the molecule is O=C(CCCCC1CCSS1)N1CCCC(Cc2nc(-c3ccsc3)no2)C1. The van der Waals surface area contributed by atoms with Gasteiger partial charge in [0.25, 0.3) is 0 Å². The zero-order valence-corrected chi connectivity index (χ0v) is 18.5. The zero-order chi connectivity index (χ0) is 19.2. The van der Waals surface area contributed by atoms with E-state index in [-0.39, 0.29) is 0 Å². The molecule has 8 heteroatoms. The fraction of sp³-hybridized carbons (Fsp3) is 0.650. The van der Waals surface area contributed by atoms with Crippen LogP contribution >= 0.6 is 32.9 Å². The first-order valence-corrected chi connectivity index (χ1v) is 13.5. The van der Waals surface area contributed by atoms with Crippen molar-refractivity contribution < 1.29 is 9.32 Å². The molecular weight excluding hydrogens is 410 g/mol. The number of likely N-dealkylation sites (tertiary alicyclic amines) is 1. The van der Waals surface area contributed by atoms with E-state index in [1.165, 1.54) is 25.0 Å². The van der Waals surface area contributed by atoms with Crippen molar-refractivity contribution in [2.24, 2.45) is 5.92 Å². The quantitative estimate of drug-likeness (QED) is 0.413. The lowest BCUT2D eigenvalue weighted by atomic mass is 9.94. The standard InChI is InChI=1S/C20H27N3O2S3/c24-19(6-2-1-5-17-8-11-27-28-17)23-9-3-4-15(13-23)12-18-21-20(22-25-18)16-7-10-26-14-16/h7,10,14-15,17H,1-6,8-9,11-13H2. The number of carbonyl (C=O) groups excluding carboxylic acids is 1. The summed E-state index contributed by atoms with van der Waals surface area (Å²) in [6, 6.07) is 2.00. The van der Waals surface area contributed by atoms with Crippen LogP contribution in [0.25, 0.3) is 11.4 Å². The maximum atomic E-state index is 12.6. The van der Waals surface area contributed by atoms with Crippen LogP contribution in [-0.4, -0.2) is 45.0 Å². The molecule has 2 unspecified atom stereocenters. The van der Waals surface area contributed by atoms with Crippen molar-refractivity contribution in [2.45, 2.75) is 56.6 Å². The first kappa shape index (κ1) is 20.3. The lowest BCUT2D eigenvalue weighted by Crippen LogP contribution is -2.40. The minimum absolute atomic E-state index is 0.322. The zero-order valence-electron chi connectivity index (χ0n) is 16.0. The molecule has 2 aliphatic rings. The van der Waals surface area contributed by atoms with Gasteiger partial charge in [-0.15, -0.1) is 0 Å². The van der Waals surface area contributed by atoms with Crippen LogP contribution in [0.1, 0.15) is 50.8 Å². The summed E-state index contributed by atoms with van der Waals surface area (Å²) in [6.07, 6.45) is 8.44. The molecule has 2 aromatic rings. The summed E-state index contributed by atoms with van der Waals surface area (Å²) in [5.74, 6) is 3.38. The molecule has 2 aromatic heterocycles. The normalized spacial score (nSPS) is 22.6. The number of unbranched alkanes of at least 4 members (excludes halogenated alkanes) is 1. The lowest BCUT2D eigenvalue weighted by Gasteiger charge is -2.32. The van der Waals surface area contributed by atoms with E-state index < -0.39 is 0 Å². The summed E-state index contributed by atoms with van der Waals surface area (Å²) in [7, 11) is 4.03. The highest BCUT2D eigenvalue weighted by Crippen LogP contribution is 2.39. The van der Waals surface area contributed by atoms with Gasteiger partial charge in [0.05, 0.1) is 0 Å². The van der Waals surface area contributed by atoms with Crippen LogP contribution in [-0.2, 0) is 11.2 Å². The fourth-order valence-electron chi connectivity index (χ4n) is 3.92. The third-order valence-corrected chi connectivity index (χ3v) is 9.17. The van der Waals surface area contributed by atoms with Gasteiger partial charge in [0, 0.05) is 47.9 Å². The van der Waals surface area contributed by atoms with Crippen molar-refractivity contribution >= 4 is 38.8 Å². The summed E-state index contributed by atoms with van der Waals surface area (Å²) in [5.41, 5.74) is 1.01. The van der Waals surface area contributed by atoms with E-state index in [4.69, 9.17) is 4.52 Å². The molecule has 1 amide bonds. The third-order valence-electron chi connectivity index (χ3n) is 5.48. The van der Waals surface area contributed by atoms with Crippen LogP contribution in [0.2, 0.25) is 0 Å². The van der Waals surface area contributed by atoms with E-state index in [1.54, 1.807) is 11.3 Å². The Bertz CT molecular complexity index is 744. The van der Waals surface area contributed by atoms with Gasteiger partial charge in [-0.25, -0.2) is 0 Å². The Kier molecular flexibility index (Phi) is 7.36. The molecular formula is C20H27N3O2S3. The number of nitrogens with zero attached hydrogens (tertiary/aromatic N) is 3. The van der Waals surface area contributed by atoms with Crippen molar-refractivity contribution in [3.05, 3.63) is 22.7 Å². The molecule has 4 rings (SSSR count). The second kappa shape index (κ2) is 10.2. The number of hydrogen-bond donors (Lipinski definition) is 0. The van der Waals surface area contributed by atoms with Gasteiger partial charge >= 0.3 is 0 Å². The van der Waals surface area contributed by atoms with Gasteiger partial charge in [0.1, 0.15) is 0 Å². The minimum Gasteiger partial charge on any atom is -0.342 e. The van der Waals surface area contributed by atoms with Crippen LogP contribution in [0.3, 0.4) is 0 Å². The molecule has 2 saturated heterocycles. The average Bonchev–Trinajstić information content (AvgIpc) is 3.47. The maximum absolute atomic E-state index is 12.6. The van der Waals surface area contributed by atoms with E-state index in [0.29, 0.717) is 30.0 Å². The Balaban J connectivity index is 1.21. The molecule has 2 aliphatic heterocycles. The van der Waals surface area contributed by atoms with Crippen LogP contribution in [0.5, 0.6) is 0 Å². The monoisotopic (exact) mass is 437 g/mol. The van der Waals surface area contributed by atoms with Gasteiger partial charge in [-0.05, 0) is 49.5 Å². The van der Waals surface area contributed by atoms with E-state index in [2.05, 4.69) is 15.0 Å². The molecule has 2 atom stereocenters. The summed E-state index contributed by atoms with van der Waals surface area (Å²) in [5, 5.41) is 8.95. The second-order valence-electron chi connectivity index (χ2n) is 7.65. The van der Waals surface area contributed by atoms with Crippen LogP contribution < -0.4 is 0 Å². The van der Waals surface area contributed by atoms with Gasteiger partial charge in [-0.2, -0.15) is 16.3 Å². The van der Waals surface area contributed by atoms with Crippen molar-refractivity contribution in [1.82, 2.24) is 15.0 Å². The van der Waals surface area contributed by atoms with Crippen molar-refractivity contribution in [1.29, 1.82) is 0 Å². The Hall–Kier alpha value is -0.990. The average molecular weight is 438 g/mol. The Morgan fingerprint density at radius 2 is 2.29 bits per heavy atom. The molecule has 28 heavy (non-hydrogen) atoms. The number of amides is 1. The minimum atomic E-state index is 0.322. The topological polar surface area (TPSA) is 59.2 Å². The van der Waals surface area contributed by atoms with E-state index in [0.717, 1.165) is 49.6 Å². The van der Waals surface area contributed by atoms with Crippen LogP contribution in [0.4, 0.5) is 0 Å². The van der Waals surface area contributed by atoms with Crippen molar-refractivity contribution in [2.75, 3.05) is 18.8 Å². The highest BCUT2D eigenvalue weighted by molar-refractivity contribution is 8.77. The molecule has 0 saturated carbocycles. The predicted octanol–water partition coefficient (Wildman–Crippen LogP) is 5.29. The lowest BCUT2D eigenvalue weighted by molar-refractivity contribution is -0.133. The largest absolute Gasteiger partial charge is 0.342 e. The van der Waals surface area contributed by atoms with E-state index in [1.807, 2.05) is 38.4 Å². The summed E-state index contributed by atoms with van der Waals surface area (Å²) in [6.45, 7) is 1.72. The Morgan fingerprint density at radius 1 is 1.32 bits per heavy atom. The van der Waals surface area contributed by atoms with Gasteiger partial charge in [0.15, 0.2) is 0 Å². The summed E-state index contributed by atoms with van der Waals surface area (Å²) < 4.78 is 5.45. The van der Waals surface area contributed by atoms with Gasteiger partial charge < -0.3 is 9.42 Å². The molecule has 4 heterocycles. The molecule has 2 fully saturated rings. The number of piperidine rings is 1. The van der Waals surface area contributed by atoms with Gasteiger partial charge in [0.2, 0.25) is 17.6 Å². The van der Waals surface area contributed by atoms with Crippen molar-refractivity contribution in [3.8, 4) is 11.4 Å². The summed E-state index contributed by atoms with van der Waals surface area (Å²) >= 11 is 1.63. The fourth-order valence-corrected chi connectivity index (χ4v) is 7.58. The smallest absolute Gasteiger partial charge is 0.227 e. The van der Waals surface area contributed by atoms with Crippen molar-refractivity contribution in [3.63, 3.8) is 0 Å². The van der Waals surface area contributed by atoms with Crippen LogP contribution in [0, 0.1) is 5.92 Å². The number of hydrogen-bond acceptors (Lipinski definition) is 7. The van der Waals surface area contributed by atoms with Gasteiger partial charge in [-0.1, -0.05) is 33.2 Å². The highest BCUT2D eigenvalue weighted by Gasteiger charge is 2.25. The first-order chi connectivity index (χ1) is 13.8. The molecule has 5 nitrogen and oxygen atoms in total. The van der Waals surface area contributed by atoms with Crippen LogP contribution in [0.15, 0.2) is 21.3 Å².